The Hall–Kier alpha value is -3.28. The Morgan fingerprint density at radius 3 is 2.25 bits per heavy atom. The summed E-state index contributed by atoms with van der Waals surface area (Å²) in [6.07, 6.45) is 2.03. The van der Waals surface area contributed by atoms with Gasteiger partial charge in [0.25, 0.3) is 0 Å². The van der Waals surface area contributed by atoms with Crippen LogP contribution in [0.25, 0.3) is 0 Å². The first-order chi connectivity index (χ1) is 13.6. The molecule has 0 saturated carbocycles. The van der Waals surface area contributed by atoms with Crippen LogP contribution in [0.15, 0.2) is 59.7 Å². The first kappa shape index (κ1) is 18.1. The van der Waals surface area contributed by atoms with Gasteiger partial charge in [0, 0.05) is 18.3 Å². The Bertz CT molecular complexity index is 1000. The molecule has 0 radical (unpaired) electrons. The molecule has 3 aromatic rings. The summed E-state index contributed by atoms with van der Waals surface area (Å²) in [7, 11) is 4.76. The summed E-state index contributed by atoms with van der Waals surface area (Å²) in [5.74, 6) is 1.42. The first-order valence-electron chi connectivity index (χ1n) is 8.93. The Balaban J connectivity index is 1.85. The van der Waals surface area contributed by atoms with Crippen LogP contribution in [0.4, 0.5) is 4.39 Å². The molecule has 0 saturated heterocycles. The normalized spacial score (nSPS) is 15.6. The molecule has 1 aliphatic heterocycles. The molecule has 1 aliphatic rings. The number of ether oxygens (including phenoxy) is 3. The zero-order valence-corrected chi connectivity index (χ0v) is 16.0. The minimum Gasteiger partial charge on any atom is -0.493 e. The first-order valence-corrected chi connectivity index (χ1v) is 8.93. The van der Waals surface area contributed by atoms with Crippen molar-refractivity contribution in [1.82, 2.24) is 4.57 Å². The minimum atomic E-state index is -0.255. The van der Waals surface area contributed by atoms with Crippen molar-refractivity contribution in [3.63, 3.8) is 0 Å². The molecule has 1 atom stereocenters. The molecule has 144 valence electrons. The zero-order chi connectivity index (χ0) is 19.7. The highest BCUT2D eigenvalue weighted by Gasteiger charge is 2.25. The molecule has 0 spiro atoms. The van der Waals surface area contributed by atoms with Gasteiger partial charge in [-0.3, -0.25) is 4.99 Å². The van der Waals surface area contributed by atoms with Gasteiger partial charge >= 0.3 is 0 Å². The van der Waals surface area contributed by atoms with E-state index in [1.165, 1.54) is 12.1 Å². The van der Waals surface area contributed by atoms with Crippen LogP contribution >= 0.6 is 0 Å². The molecule has 2 aromatic carbocycles. The Kier molecular flexibility index (Phi) is 4.77. The van der Waals surface area contributed by atoms with E-state index >= 15 is 0 Å². The van der Waals surface area contributed by atoms with Crippen LogP contribution in [0.1, 0.15) is 22.9 Å². The SMILES string of the molecule is COc1cc(C2=NC(c3ccc(F)cc3)Cn3cccc32)cc(OC)c1OC. The molecule has 0 fully saturated rings. The quantitative estimate of drug-likeness (QED) is 0.665. The molecule has 4 rings (SSSR count). The van der Waals surface area contributed by atoms with Gasteiger partial charge < -0.3 is 18.8 Å². The molecule has 0 amide bonds. The molecular weight excluding hydrogens is 359 g/mol. The number of fused-ring (bicyclic) bond motifs is 1. The maximum Gasteiger partial charge on any atom is 0.203 e. The molecule has 2 heterocycles. The van der Waals surface area contributed by atoms with Crippen LogP contribution in [0.2, 0.25) is 0 Å². The van der Waals surface area contributed by atoms with E-state index in [1.807, 2.05) is 30.5 Å². The fraction of sp³-hybridized carbons (Fsp3) is 0.227. The van der Waals surface area contributed by atoms with Gasteiger partial charge in [0.2, 0.25) is 5.75 Å². The average Bonchev–Trinajstić information content (AvgIpc) is 3.21. The van der Waals surface area contributed by atoms with Gasteiger partial charge in [0.15, 0.2) is 11.5 Å². The third-order valence-electron chi connectivity index (χ3n) is 4.92. The van der Waals surface area contributed by atoms with Crippen LogP contribution < -0.4 is 14.2 Å². The molecule has 28 heavy (non-hydrogen) atoms. The van der Waals surface area contributed by atoms with Crippen LogP contribution in [0, 0.1) is 5.82 Å². The second kappa shape index (κ2) is 7.38. The molecule has 6 heteroatoms. The van der Waals surface area contributed by atoms with Crippen molar-refractivity contribution in [2.24, 2.45) is 4.99 Å². The van der Waals surface area contributed by atoms with Gasteiger partial charge in [-0.15, -0.1) is 0 Å². The zero-order valence-electron chi connectivity index (χ0n) is 16.0. The van der Waals surface area contributed by atoms with Crippen molar-refractivity contribution in [2.45, 2.75) is 12.6 Å². The van der Waals surface area contributed by atoms with Gasteiger partial charge in [-0.1, -0.05) is 12.1 Å². The predicted octanol–water partition coefficient (Wildman–Crippen LogP) is 4.25. The van der Waals surface area contributed by atoms with E-state index in [0.717, 1.165) is 22.5 Å². The fourth-order valence-corrected chi connectivity index (χ4v) is 3.54. The number of halogens is 1. The summed E-state index contributed by atoms with van der Waals surface area (Å²) >= 11 is 0. The minimum absolute atomic E-state index is 0.116. The van der Waals surface area contributed by atoms with Crippen molar-refractivity contribution in [3.8, 4) is 17.2 Å². The Morgan fingerprint density at radius 2 is 1.64 bits per heavy atom. The van der Waals surface area contributed by atoms with E-state index in [4.69, 9.17) is 19.2 Å². The van der Waals surface area contributed by atoms with E-state index in [0.29, 0.717) is 23.8 Å². The lowest BCUT2D eigenvalue weighted by Gasteiger charge is -2.25. The van der Waals surface area contributed by atoms with Gasteiger partial charge in [-0.05, 0) is 42.0 Å². The number of hydrogen-bond donors (Lipinski definition) is 0. The van der Waals surface area contributed by atoms with Crippen molar-refractivity contribution in [2.75, 3.05) is 21.3 Å². The number of aliphatic imine (C=N–C) groups is 1. The fourth-order valence-electron chi connectivity index (χ4n) is 3.54. The molecule has 0 bridgehead atoms. The van der Waals surface area contributed by atoms with Crippen molar-refractivity contribution in [1.29, 1.82) is 0 Å². The summed E-state index contributed by atoms with van der Waals surface area (Å²) < 4.78 is 31.9. The number of benzene rings is 2. The monoisotopic (exact) mass is 380 g/mol. The molecule has 1 unspecified atom stereocenters. The predicted molar refractivity (Wildman–Crippen MR) is 105 cm³/mol. The van der Waals surface area contributed by atoms with Gasteiger partial charge in [-0.25, -0.2) is 4.39 Å². The van der Waals surface area contributed by atoms with Crippen molar-refractivity contribution in [3.05, 3.63) is 77.4 Å². The summed E-state index contributed by atoms with van der Waals surface area (Å²) in [5.41, 5.74) is 3.66. The van der Waals surface area contributed by atoms with Gasteiger partial charge in [0.1, 0.15) is 5.82 Å². The van der Waals surface area contributed by atoms with E-state index in [9.17, 15) is 4.39 Å². The standard InChI is InChI=1S/C22H21FN2O3/c1-26-19-11-15(12-20(27-2)22(19)28-3)21-18-5-4-10-25(18)13-17(24-21)14-6-8-16(23)9-7-14/h4-12,17H,13H2,1-3H3. The lowest BCUT2D eigenvalue weighted by atomic mass is 10.0. The topological polar surface area (TPSA) is 45.0 Å². The van der Waals surface area contributed by atoms with Crippen LogP contribution in [-0.4, -0.2) is 31.6 Å². The number of methoxy groups -OCH3 is 3. The molecule has 0 N–H and O–H groups in total. The summed E-state index contributed by atoms with van der Waals surface area (Å²) in [4.78, 5) is 4.99. The van der Waals surface area contributed by atoms with E-state index in [-0.39, 0.29) is 11.9 Å². The van der Waals surface area contributed by atoms with Crippen LogP contribution in [-0.2, 0) is 6.54 Å². The smallest absolute Gasteiger partial charge is 0.203 e. The largest absolute Gasteiger partial charge is 0.493 e. The second-order valence-corrected chi connectivity index (χ2v) is 6.50. The molecule has 5 nitrogen and oxygen atoms in total. The molecule has 1 aromatic heterocycles. The number of hydrogen-bond acceptors (Lipinski definition) is 4. The third kappa shape index (κ3) is 3.11. The van der Waals surface area contributed by atoms with Gasteiger partial charge in [0.05, 0.1) is 38.8 Å². The third-order valence-corrected chi connectivity index (χ3v) is 4.92. The van der Waals surface area contributed by atoms with Crippen LogP contribution in [0.5, 0.6) is 17.2 Å². The Labute approximate surface area is 163 Å². The Morgan fingerprint density at radius 1 is 0.964 bits per heavy atom. The highest BCUT2D eigenvalue weighted by Crippen LogP contribution is 2.39. The van der Waals surface area contributed by atoms with E-state index < -0.39 is 0 Å². The summed E-state index contributed by atoms with van der Waals surface area (Å²) in [6.45, 7) is 0.696. The number of nitrogens with zero attached hydrogens (tertiary/aromatic N) is 2. The average molecular weight is 380 g/mol. The maximum absolute atomic E-state index is 13.3. The van der Waals surface area contributed by atoms with Crippen molar-refractivity contribution < 1.29 is 18.6 Å². The molecular formula is C22H21FN2O3. The second-order valence-electron chi connectivity index (χ2n) is 6.50. The van der Waals surface area contributed by atoms with Crippen LogP contribution in [0.3, 0.4) is 0 Å². The van der Waals surface area contributed by atoms with Crippen molar-refractivity contribution >= 4 is 5.71 Å². The lowest BCUT2D eigenvalue weighted by molar-refractivity contribution is 0.324. The highest BCUT2D eigenvalue weighted by atomic mass is 19.1. The lowest BCUT2D eigenvalue weighted by Crippen LogP contribution is -2.21. The summed E-state index contributed by atoms with van der Waals surface area (Å²) in [6, 6.07) is 14.2. The van der Waals surface area contributed by atoms with E-state index in [1.54, 1.807) is 33.5 Å². The molecule has 0 aliphatic carbocycles. The van der Waals surface area contributed by atoms with Gasteiger partial charge in [-0.2, -0.15) is 0 Å². The number of aromatic nitrogens is 1. The maximum atomic E-state index is 13.3. The van der Waals surface area contributed by atoms with E-state index in [2.05, 4.69) is 4.57 Å². The summed E-state index contributed by atoms with van der Waals surface area (Å²) in [5, 5.41) is 0. The number of rotatable bonds is 5. The highest BCUT2D eigenvalue weighted by molar-refractivity contribution is 6.13.